The van der Waals surface area contributed by atoms with Gasteiger partial charge in [-0.15, -0.1) is 0 Å². The van der Waals surface area contributed by atoms with E-state index in [0.717, 1.165) is 37.1 Å². The van der Waals surface area contributed by atoms with Gasteiger partial charge >= 0.3 is 0 Å². The van der Waals surface area contributed by atoms with Crippen molar-refractivity contribution in [3.05, 3.63) is 48.3 Å². The third-order valence-corrected chi connectivity index (χ3v) is 7.69. The van der Waals surface area contributed by atoms with Gasteiger partial charge in [-0.25, -0.2) is 0 Å². The number of aliphatic hydroxyl groups excluding tert-OH is 1. The van der Waals surface area contributed by atoms with Gasteiger partial charge in [-0.2, -0.15) is 0 Å². The summed E-state index contributed by atoms with van der Waals surface area (Å²) in [6, 6.07) is 10.3. The summed E-state index contributed by atoms with van der Waals surface area (Å²) in [7, 11) is 0. The molecule has 0 spiro atoms. The number of aliphatic hydroxyl groups is 1. The van der Waals surface area contributed by atoms with Gasteiger partial charge in [0.2, 0.25) is 0 Å². The van der Waals surface area contributed by atoms with E-state index in [1.807, 2.05) is 30.6 Å². The molecule has 0 aliphatic carbocycles. The normalized spacial score (nSPS) is 12.7. The molecule has 1 atom stereocenters. The first-order chi connectivity index (χ1) is 17.2. The van der Waals surface area contributed by atoms with Crippen molar-refractivity contribution in [2.75, 3.05) is 0 Å². The molecule has 2 aromatic rings. The zero-order chi connectivity index (χ0) is 25.2. The summed E-state index contributed by atoms with van der Waals surface area (Å²) in [5.74, 6) is 0. The molecule has 2 rings (SSSR count). The topological polar surface area (TPSA) is 46.0 Å². The molecule has 0 saturated heterocycles. The van der Waals surface area contributed by atoms with E-state index >= 15 is 0 Å². The fourth-order valence-electron chi connectivity index (χ4n) is 5.42. The van der Waals surface area contributed by atoms with Crippen molar-refractivity contribution >= 4 is 0 Å². The van der Waals surface area contributed by atoms with Crippen LogP contribution in [0.3, 0.4) is 0 Å². The lowest BCUT2D eigenvalue weighted by atomic mass is 9.67. The zero-order valence-electron chi connectivity index (χ0n) is 23.0. The number of unbranched alkanes of at least 4 members (excludes halogenated alkanes) is 11. The number of rotatable bonds is 20. The maximum absolute atomic E-state index is 11.8. The number of nitrogens with zero attached hydrogens (tertiary/aromatic N) is 2. The summed E-state index contributed by atoms with van der Waals surface area (Å²) in [5, 5.41) is 11.8. The Morgan fingerprint density at radius 1 is 0.657 bits per heavy atom. The van der Waals surface area contributed by atoms with Gasteiger partial charge in [-0.3, -0.25) is 9.97 Å². The van der Waals surface area contributed by atoms with E-state index in [9.17, 15) is 5.11 Å². The van der Waals surface area contributed by atoms with Gasteiger partial charge in [-0.05, 0) is 43.0 Å². The second-order valence-electron chi connectivity index (χ2n) is 10.5. The largest absolute Gasteiger partial charge is 0.392 e. The van der Waals surface area contributed by atoms with E-state index in [4.69, 9.17) is 4.98 Å². The highest BCUT2D eigenvalue weighted by Gasteiger charge is 2.38. The van der Waals surface area contributed by atoms with Crippen molar-refractivity contribution in [2.45, 2.75) is 141 Å². The van der Waals surface area contributed by atoms with Crippen LogP contribution >= 0.6 is 0 Å². The van der Waals surface area contributed by atoms with Crippen LogP contribution < -0.4 is 0 Å². The quantitative estimate of drug-likeness (QED) is 0.192. The Morgan fingerprint density at radius 2 is 1.23 bits per heavy atom. The maximum atomic E-state index is 11.8. The lowest BCUT2D eigenvalue weighted by molar-refractivity contribution is 0.0537. The van der Waals surface area contributed by atoms with Crippen LogP contribution in [0.2, 0.25) is 0 Å². The van der Waals surface area contributed by atoms with Crippen LogP contribution in [0.25, 0.3) is 11.4 Å². The summed E-state index contributed by atoms with van der Waals surface area (Å²) in [6.07, 6.45) is 24.0. The van der Waals surface area contributed by atoms with E-state index in [-0.39, 0.29) is 11.5 Å². The molecule has 0 aromatic carbocycles. The Balaban J connectivity index is 2.24. The molecule has 196 valence electrons. The molecule has 3 nitrogen and oxygen atoms in total. The molecular weight excluding hydrogens is 428 g/mol. The molecule has 1 N–H and O–H groups in total. The molecule has 0 aliphatic rings. The van der Waals surface area contributed by atoms with Crippen LogP contribution in [-0.2, 0) is 5.41 Å². The molecule has 0 bridgehead atoms. The van der Waals surface area contributed by atoms with E-state index < -0.39 is 0 Å². The van der Waals surface area contributed by atoms with E-state index in [0.29, 0.717) is 0 Å². The SMILES string of the molecule is CCCCCCCCC(O)C(CCCCCC)(CCCCCC)c1ccc(-c2ccccn2)nc1. The van der Waals surface area contributed by atoms with Crippen molar-refractivity contribution in [3.8, 4) is 11.4 Å². The monoisotopic (exact) mass is 480 g/mol. The highest BCUT2D eigenvalue weighted by atomic mass is 16.3. The standard InChI is InChI=1S/C32H52N2O/c1-4-7-10-13-14-15-21-31(35)32(24-17-11-8-5-2,25-18-12-9-6-3)28-22-23-30(34-27-28)29-20-16-19-26-33-29/h16,19-20,22-23,26-27,31,35H,4-15,17-18,21,24-25H2,1-3H3. The van der Waals surface area contributed by atoms with Gasteiger partial charge < -0.3 is 5.11 Å². The summed E-state index contributed by atoms with van der Waals surface area (Å²) in [5.41, 5.74) is 2.85. The molecule has 0 radical (unpaired) electrons. The van der Waals surface area contributed by atoms with Crippen LogP contribution in [0.5, 0.6) is 0 Å². The first kappa shape index (κ1) is 29.5. The van der Waals surface area contributed by atoms with Crippen LogP contribution in [0.4, 0.5) is 0 Å². The number of pyridine rings is 2. The van der Waals surface area contributed by atoms with Crippen molar-refractivity contribution in [3.63, 3.8) is 0 Å². The molecule has 0 amide bonds. The second kappa shape index (κ2) is 17.7. The van der Waals surface area contributed by atoms with Gasteiger partial charge in [0.25, 0.3) is 0 Å². The number of aromatic nitrogens is 2. The molecule has 2 aromatic heterocycles. The van der Waals surface area contributed by atoms with Crippen molar-refractivity contribution in [1.29, 1.82) is 0 Å². The average Bonchev–Trinajstić information content (AvgIpc) is 2.90. The molecular formula is C32H52N2O. The fraction of sp³-hybridized carbons (Fsp3) is 0.688. The zero-order valence-corrected chi connectivity index (χ0v) is 23.0. The Kier molecular flexibility index (Phi) is 14.9. The van der Waals surface area contributed by atoms with E-state index in [1.165, 1.54) is 89.0 Å². The number of hydrogen-bond acceptors (Lipinski definition) is 3. The highest BCUT2D eigenvalue weighted by Crippen LogP contribution is 2.41. The van der Waals surface area contributed by atoms with Crippen LogP contribution in [0.15, 0.2) is 42.7 Å². The molecule has 0 saturated carbocycles. The minimum atomic E-state index is -0.306. The predicted molar refractivity (Wildman–Crippen MR) is 151 cm³/mol. The average molecular weight is 481 g/mol. The first-order valence-electron chi connectivity index (χ1n) is 14.7. The van der Waals surface area contributed by atoms with E-state index in [1.54, 1.807) is 0 Å². The summed E-state index contributed by atoms with van der Waals surface area (Å²) >= 11 is 0. The molecule has 35 heavy (non-hydrogen) atoms. The molecule has 2 heterocycles. The van der Waals surface area contributed by atoms with Crippen LogP contribution in [0, 0.1) is 0 Å². The van der Waals surface area contributed by atoms with Gasteiger partial charge in [-0.1, -0.05) is 123 Å². The number of hydrogen-bond donors (Lipinski definition) is 1. The lowest BCUT2D eigenvalue weighted by Gasteiger charge is -2.39. The third kappa shape index (κ3) is 10.0. The van der Waals surface area contributed by atoms with Crippen LogP contribution in [-0.4, -0.2) is 21.2 Å². The van der Waals surface area contributed by atoms with Crippen molar-refractivity contribution < 1.29 is 5.11 Å². The Hall–Kier alpha value is -1.74. The van der Waals surface area contributed by atoms with Gasteiger partial charge in [0, 0.05) is 17.8 Å². The van der Waals surface area contributed by atoms with E-state index in [2.05, 4.69) is 37.9 Å². The minimum absolute atomic E-state index is 0.194. The summed E-state index contributed by atoms with van der Waals surface area (Å²) in [4.78, 5) is 9.32. The molecule has 0 aliphatic heterocycles. The van der Waals surface area contributed by atoms with Gasteiger partial charge in [0.15, 0.2) is 0 Å². The lowest BCUT2D eigenvalue weighted by Crippen LogP contribution is -2.40. The Labute approximate surface area is 216 Å². The third-order valence-electron chi connectivity index (χ3n) is 7.69. The highest BCUT2D eigenvalue weighted by molar-refractivity contribution is 5.53. The predicted octanol–water partition coefficient (Wildman–Crippen LogP) is 9.43. The van der Waals surface area contributed by atoms with Crippen molar-refractivity contribution in [2.24, 2.45) is 0 Å². The van der Waals surface area contributed by atoms with Crippen molar-refractivity contribution in [1.82, 2.24) is 9.97 Å². The van der Waals surface area contributed by atoms with Gasteiger partial charge in [0.05, 0.1) is 17.5 Å². The maximum Gasteiger partial charge on any atom is 0.0886 e. The van der Waals surface area contributed by atoms with Gasteiger partial charge in [0.1, 0.15) is 0 Å². The molecule has 3 heteroatoms. The first-order valence-corrected chi connectivity index (χ1v) is 14.7. The minimum Gasteiger partial charge on any atom is -0.392 e. The summed E-state index contributed by atoms with van der Waals surface area (Å²) in [6.45, 7) is 6.81. The smallest absolute Gasteiger partial charge is 0.0886 e. The Morgan fingerprint density at radius 3 is 1.77 bits per heavy atom. The second-order valence-corrected chi connectivity index (χ2v) is 10.5. The summed E-state index contributed by atoms with van der Waals surface area (Å²) < 4.78 is 0. The van der Waals surface area contributed by atoms with Crippen LogP contribution in [0.1, 0.15) is 135 Å². The molecule has 1 unspecified atom stereocenters. The Bertz CT molecular complexity index is 747. The fourth-order valence-corrected chi connectivity index (χ4v) is 5.42. The molecule has 0 fully saturated rings.